The Labute approximate surface area is 284 Å². The molecule has 1 spiro atoms. The molecule has 3 aliphatic rings. The van der Waals surface area contributed by atoms with Crippen molar-refractivity contribution < 1.29 is 28.8 Å². The van der Waals surface area contributed by atoms with Crippen LogP contribution in [0.2, 0.25) is 0 Å². The molecule has 0 radical (unpaired) electrons. The lowest BCUT2D eigenvalue weighted by atomic mass is 9.89. The van der Waals surface area contributed by atoms with Crippen LogP contribution < -0.4 is 5.32 Å². The number of piperidine rings is 1. The highest BCUT2D eigenvalue weighted by Crippen LogP contribution is 2.43. The highest BCUT2D eigenvalue weighted by molar-refractivity contribution is 6.76. The van der Waals surface area contributed by atoms with E-state index >= 15 is 0 Å². The third-order valence-electron chi connectivity index (χ3n) is 9.15. The number of halogens is 3. The van der Waals surface area contributed by atoms with Gasteiger partial charge in [0.05, 0.1) is 32.0 Å². The van der Waals surface area contributed by atoms with Crippen LogP contribution in [0.3, 0.4) is 0 Å². The summed E-state index contributed by atoms with van der Waals surface area (Å²) in [4.78, 5) is 14.4. The average Bonchev–Trinajstić information content (AvgIpc) is 3.53. The summed E-state index contributed by atoms with van der Waals surface area (Å²) in [5.74, 6) is -0.996. The van der Waals surface area contributed by atoms with E-state index in [4.69, 9.17) is 53.8 Å². The summed E-state index contributed by atoms with van der Waals surface area (Å²) in [5, 5.41) is 12.2. The van der Waals surface area contributed by atoms with Gasteiger partial charge in [0.25, 0.3) is 9.70 Å². The van der Waals surface area contributed by atoms with Crippen molar-refractivity contribution in [3.05, 3.63) is 95.1 Å². The predicted octanol–water partition coefficient (Wildman–Crippen LogP) is 6.46. The van der Waals surface area contributed by atoms with Crippen LogP contribution in [-0.4, -0.2) is 64.4 Å². The second-order valence-electron chi connectivity index (χ2n) is 12.2. The lowest BCUT2D eigenvalue weighted by molar-refractivity contribution is -0.278. The molecule has 2 N–H and O–H groups in total. The number of aliphatic hydroxyl groups excluding tert-OH is 1. The molecule has 3 aliphatic heterocycles. The molecule has 3 fully saturated rings. The topological polar surface area (TPSA) is 89.5 Å². The van der Waals surface area contributed by atoms with Crippen molar-refractivity contribution in [3.63, 3.8) is 0 Å². The average molecular weight is 690 g/mol. The first-order chi connectivity index (χ1) is 22.1. The Kier molecular flexibility index (Phi) is 10.6. The van der Waals surface area contributed by atoms with Gasteiger partial charge in [0, 0.05) is 50.5 Å². The predicted molar refractivity (Wildman–Crippen MR) is 177 cm³/mol. The fourth-order valence-corrected chi connectivity index (χ4v) is 6.62. The molecule has 3 aromatic carbocycles. The van der Waals surface area contributed by atoms with Crippen molar-refractivity contribution in [3.8, 4) is 11.1 Å². The molecule has 3 saturated heterocycles. The van der Waals surface area contributed by atoms with Crippen molar-refractivity contribution in [2.75, 3.05) is 32.8 Å². The molecule has 6 rings (SSSR count). The van der Waals surface area contributed by atoms with Crippen molar-refractivity contribution in [2.45, 2.75) is 61.0 Å². The van der Waals surface area contributed by atoms with Crippen molar-refractivity contribution in [2.24, 2.45) is 5.92 Å². The fourth-order valence-electron chi connectivity index (χ4n) is 6.42. The summed E-state index contributed by atoms with van der Waals surface area (Å²) in [7, 11) is 0. The number of benzene rings is 3. The Balaban J connectivity index is 1.18. The van der Waals surface area contributed by atoms with Gasteiger partial charge < -0.3 is 34.3 Å². The third kappa shape index (κ3) is 7.89. The lowest BCUT2D eigenvalue weighted by Gasteiger charge is -2.44. The molecule has 11 heteroatoms. The summed E-state index contributed by atoms with van der Waals surface area (Å²) in [6.45, 7) is 6.30. The minimum Gasteiger partial charge on any atom is -0.392 e. The van der Waals surface area contributed by atoms with E-state index < -0.39 is 21.8 Å². The monoisotopic (exact) mass is 688 g/mol. The van der Waals surface area contributed by atoms with Crippen molar-refractivity contribution >= 4 is 40.7 Å². The number of amides is 1. The molecule has 1 amide bonds. The number of aliphatic hydroxyl groups is 1. The van der Waals surface area contributed by atoms with E-state index in [-0.39, 0.29) is 31.3 Å². The molecular formula is C35H39Cl3N2O6. The van der Waals surface area contributed by atoms with Gasteiger partial charge in [0.15, 0.2) is 12.1 Å². The molecule has 3 heterocycles. The highest BCUT2D eigenvalue weighted by atomic mass is 35.6. The van der Waals surface area contributed by atoms with E-state index in [0.717, 1.165) is 65.9 Å². The van der Waals surface area contributed by atoms with Gasteiger partial charge in [-0.25, -0.2) is 0 Å². The Morgan fingerprint density at radius 1 is 0.913 bits per heavy atom. The second-order valence-corrected chi connectivity index (χ2v) is 14.5. The number of hydrogen-bond donors (Lipinski definition) is 2. The Hall–Kier alpha value is -2.24. The van der Waals surface area contributed by atoms with E-state index in [0.29, 0.717) is 13.2 Å². The number of alkyl halides is 3. The standard InChI is InChI=1S/C35H39Cl3N2O6/c1-23-30(21-40-15-13-34(14-16-40)43-17-18-44-34)45-32(46-31(23)27-7-5-24(22-41)6-8-27)28-11-9-26(10-12-28)29-4-2-3-25(19-29)20-39-33(42)35(36,37)38/h2-12,19,23,30-32,41H,13-18,20-22H2,1H3,(H,39,42)/t23-,30+,31+,32+/m1/s1. The van der Waals surface area contributed by atoms with Gasteiger partial charge in [-0.3, -0.25) is 4.79 Å². The number of likely N-dealkylation sites (tertiary alicyclic amines) is 1. The molecule has 0 saturated carbocycles. The molecule has 3 aromatic rings. The number of carbonyl (C=O) groups is 1. The number of nitrogens with zero attached hydrogens (tertiary/aromatic N) is 1. The van der Waals surface area contributed by atoms with Crippen LogP contribution >= 0.6 is 34.8 Å². The summed E-state index contributed by atoms with van der Waals surface area (Å²) in [6, 6.07) is 24.0. The van der Waals surface area contributed by atoms with Gasteiger partial charge in [-0.1, -0.05) is 108 Å². The third-order valence-corrected chi connectivity index (χ3v) is 9.66. The maximum absolute atomic E-state index is 12.0. The zero-order valence-corrected chi connectivity index (χ0v) is 27.9. The SMILES string of the molecule is C[C@@H]1[C@H](CN2CCC3(CC2)OCCO3)O[C@H](c2ccc(-c3cccc(CNC(=O)C(Cl)(Cl)Cl)c3)cc2)O[C@@H]1c1ccc(CO)cc1. The zero-order chi connectivity index (χ0) is 32.3. The summed E-state index contributed by atoms with van der Waals surface area (Å²) in [5.41, 5.74) is 5.72. The number of carbonyl (C=O) groups excluding carboxylic acids is 1. The maximum Gasteiger partial charge on any atom is 0.272 e. The van der Waals surface area contributed by atoms with E-state index in [1.807, 2.05) is 72.8 Å². The number of rotatable bonds is 8. The largest absolute Gasteiger partial charge is 0.392 e. The van der Waals surface area contributed by atoms with Crippen LogP contribution in [0.25, 0.3) is 11.1 Å². The van der Waals surface area contributed by atoms with Crippen molar-refractivity contribution in [1.29, 1.82) is 0 Å². The van der Waals surface area contributed by atoms with Crippen LogP contribution in [-0.2, 0) is 36.9 Å². The van der Waals surface area contributed by atoms with Crippen LogP contribution in [0.5, 0.6) is 0 Å². The summed E-state index contributed by atoms with van der Waals surface area (Å²) in [6.07, 6.45) is 0.886. The molecule has 0 aliphatic carbocycles. The minimum absolute atomic E-state index is 0.00154. The number of hydrogen-bond acceptors (Lipinski definition) is 7. The lowest BCUT2D eigenvalue weighted by Crippen LogP contribution is -2.50. The quantitative estimate of drug-likeness (QED) is 0.263. The molecule has 0 unspecified atom stereocenters. The van der Waals surface area contributed by atoms with Crippen LogP contribution in [0.1, 0.15) is 54.4 Å². The molecule has 0 aromatic heterocycles. The van der Waals surface area contributed by atoms with Crippen LogP contribution in [0.4, 0.5) is 0 Å². The molecule has 4 atom stereocenters. The zero-order valence-electron chi connectivity index (χ0n) is 25.7. The van der Waals surface area contributed by atoms with E-state index in [2.05, 4.69) is 17.1 Å². The van der Waals surface area contributed by atoms with Gasteiger partial charge in [-0.05, 0) is 33.9 Å². The van der Waals surface area contributed by atoms with E-state index in [1.165, 1.54) is 0 Å². The first kappa shape index (κ1) is 33.7. The van der Waals surface area contributed by atoms with Gasteiger partial charge in [-0.15, -0.1) is 0 Å². The summed E-state index contributed by atoms with van der Waals surface area (Å²) >= 11 is 17.0. The molecule has 246 valence electrons. The Bertz CT molecular complexity index is 1470. The van der Waals surface area contributed by atoms with E-state index in [9.17, 15) is 9.90 Å². The molecular weight excluding hydrogens is 651 g/mol. The van der Waals surface area contributed by atoms with Gasteiger partial charge in [0.1, 0.15) is 0 Å². The smallest absolute Gasteiger partial charge is 0.272 e. The van der Waals surface area contributed by atoms with Crippen LogP contribution in [0.15, 0.2) is 72.8 Å². The number of nitrogens with one attached hydrogen (secondary N) is 1. The summed E-state index contributed by atoms with van der Waals surface area (Å²) < 4.78 is 23.3. The first-order valence-corrected chi connectivity index (χ1v) is 16.8. The van der Waals surface area contributed by atoms with E-state index in [1.54, 1.807) is 0 Å². The molecule has 46 heavy (non-hydrogen) atoms. The molecule has 8 nitrogen and oxygen atoms in total. The second kappa shape index (κ2) is 14.5. The van der Waals surface area contributed by atoms with Crippen molar-refractivity contribution in [1.82, 2.24) is 10.2 Å². The first-order valence-electron chi connectivity index (χ1n) is 15.7. The van der Waals surface area contributed by atoms with Gasteiger partial charge in [-0.2, -0.15) is 0 Å². The number of ether oxygens (including phenoxy) is 4. The van der Waals surface area contributed by atoms with Gasteiger partial charge in [0.2, 0.25) is 0 Å². The fraction of sp³-hybridized carbons (Fsp3) is 0.457. The normalized spacial score (nSPS) is 25.1. The minimum atomic E-state index is -2.01. The Morgan fingerprint density at radius 2 is 1.59 bits per heavy atom. The Morgan fingerprint density at radius 3 is 2.24 bits per heavy atom. The highest BCUT2D eigenvalue weighted by Gasteiger charge is 2.43. The van der Waals surface area contributed by atoms with Crippen LogP contribution in [0, 0.1) is 5.92 Å². The van der Waals surface area contributed by atoms with Gasteiger partial charge >= 0.3 is 0 Å². The molecule has 0 bridgehead atoms. The maximum atomic E-state index is 12.0.